The summed E-state index contributed by atoms with van der Waals surface area (Å²) < 4.78 is 40.8. The zero-order valence-corrected chi connectivity index (χ0v) is 17.4. The van der Waals surface area contributed by atoms with Crippen molar-refractivity contribution in [2.24, 2.45) is 0 Å². The smallest absolute Gasteiger partial charge is 0.480 e. The molecule has 1 aliphatic rings. The van der Waals surface area contributed by atoms with E-state index in [9.17, 15) is 33.0 Å². The van der Waals surface area contributed by atoms with Crippen molar-refractivity contribution < 1.29 is 37.7 Å². The largest absolute Gasteiger partial charge is 0.573 e. The van der Waals surface area contributed by atoms with Crippen LogP contribution in [0.1, 0.15) is 63.4 Å². The van der Waals surface area contributed by atoms with Crippen molar-refractivity contribution in [3.05, 3.63) is 29.8 Å². The third-order valence-corrected chi connectivity index (χ3v) is 5.39. The molecule has 2 atom stereocenters. The minimum Gasteiger partial charge on any atom is -0.480 e. The first-order valence-electron chi connectivity index (χ1n) is 10.7. The number of aliphatic hydroxyl groups excluding tert-OH is 1. The average Bonchev–Trinajstić information content (AvgIpc) is 3.08. The molecule has 1 aromatic carbocycles. The number of amides is 1. The SMILES string of the molecule is O=C(O)C(CCCCCCC[C@@H](O)Cc1cccc(OC(F)(F)F)c1)N1CCCC1=O. The first kappa shape index (κ1) is 25.0. The fraction of sp³-hybridized carbons (Fsp3) is 0.636. The number of aliphatic carboxylic acids is 1. The van der Waals surface area contributed by atoms with Gasteiger partial charge in [0.2, 0.25) is 5.91 Å². The van der Waals surface area contributed by atoms with Gasteiger partial charge in [-0.25, -0.2) is 4.79 Å². The summed E-state index contributed by atoms with van der Waals surface area (Å²) in [7, 11) is 0. The van der Waals surface area contributed by atoms with Gasteiger partial charge in [0.15, 0.2) is 0 Å². The lowest BCUT2D eigenvalue weighted by molar-refractivity contribution is -0.274. The second-order valence-corrected chi connectivity index (χ2v) is 7.94. The number of alkyl halides is 3. The second kappa shape index (κ2) is 11.9. The van der Waals surface area contributed by atoms with E-state index in [1.165, 1.54) is 23.1 Å². The lowest BCUT2D eigenvalue weighted by Crippen LogP contribution is -2.41. The zero-order chi connectivity index (χ0) is 22.9. The average molecular weight is 445 g/mol. The predicted molar refractivity (Wildman–Crippen MR) is 108 cm³/mol. The van der Waals surface area contributed by atoms with Crippen molar-refractivity contribution in [1.29, 1.82) is 0 Å². The van der Waals surface area contributed by atoms with Crippen LogP contribution in [0.4, 0.5) is 13.2 Å². The number of aliphatic hydroxyl groups is 1. The Hall–Kier alpha value is -2.29. The van der Waals surface area contributed by atoms with Gasteiger partial charge in [-0.2, -0.15) is 0 Å². The molecule has 0 aromatic heterocycles. The molecule has 0 radical (unpaired) electrons. The first-order chi connectivity index (χ1) is 14.7. The normalized spacial score (nSPS) is 16.4. The lowest BCUT2D eigenvalue weighted by Gasteiger charge is -2.24. The number of hydrogen-bond acceptors (Lipinski definition) is 4. The lowest BCUT2D eigenvalue weighted by atomic mass is 10.0. The topological polar surface area (TPSA) is 87.1 Å². The fourth-order valence-electron chi connectivity index (χ4n) is 3.90. The summed E-state index contributed by atoms with van der Waals surface area (Å²) in [5.41, 5.74) is 0.574. The molecular weight excluding hydrogens is 415 g/mol. The molecule has 1 unspecified atom stereocenters. The van der Waals surface area contributed by atoms with Crippen LogP contribution in [0.3, 0.4) is 0 Å². The van der Waals surface area contributed by atoms with Crippen LogP contribution < -0.4 is 4.74 Å². The Labute approximate surface area is 180 Å². The molecule has 1 aromatic rings. The number of benzene rings is 1. The summed E-state index contributed by atoms with van der Waals surface area (Å²) in [6, 6.07) is 4.87. The molecule has 1 heterocycles. The second-order valence-electron chi connectivity index (χ2n) is 7.94. The molecule has 6 nitrogen and oxygen atoms in total. The maximum Gasteiger partial charge on any atom is 0.573 e. The van der Waals surface area contributed by atoms with Gasteiger partial charge in [-0.15, -0.1) is 13.2 Å². The number of hydrogen-bond donors (Lipinski definition) is 2. The van der Waals surface area contributed by atoms with Crippen LogP contribution in [0.15, 0.2) is 24.3 Å². The van der Waals surface area contributed by atoms with Gasteiger partial charge in [0.1, 0.15) is 11.8 Å². The van der Waals surface area contributed by atoms with E-state index in [1.807, 2.05) is 0 Å². The van der Waals surface area contributed by atoms with Gasteiger partial charge in [-0.1, -0.05) is 44.2 Å². The Morgan fingerprint density at radius 1 is 1.13 bits per heavy atom. The Kier molecular flexibility index (Phi) is 9.61. The van der Waals surface area contributed by atoms with Crippen LogP contribution in [0.25, 0.3) is 0 Å². The quantitative estimate of drug-likeness (QED) is 0.442. The van der Waals surface area contributed by atoms with Crippen LogP contribution in [-0.4, -0.2) is 52.0 Å². The maximum atomic E-state index is 12.3. The van der Waals surface area contributed by atoms with Crippen molar-refractivity contribution >= 4 is 11.9 Å². The highest BCUT2D eigenvalue weighted by atomic mass is 19.4. The van der Waals surface area contributed by atoms with Crippen molar-refractivity contribution in [2.45, 2.75) is 82.7 Å². The minimum atomic E-state index is -4.74. The third-order valence-electron chi connectivity index (χ3n) is 5.39. The predicted octanol–water partition coefficient (Wildman–Crippen LogP) is 4.29. The summed E-state index contributed by atoms with van der Waals surface area (Å²) in [5, 5.41) is 19.5. The number of halogens is 3. The van der Waals surface area contributed by atoms with E-state index < -0.39 is 24.5 Å². The summed E-state index contributed by atoms with van der Waals surface area (Å²) in [6.45, 7) is 0.513. The van der Waals surface area contributed by atoms with E-state index in [2.05, 4.69) is 4.74 Å². The summed E-state index contributed by atoms with van der Waals surface area (Å²) >= 11 is 0. The minimum absolute atomic E-state index is 0.0862. The van der Waals surface area contributed by atoms with Crippen molar-refractivity contribution in [3.8, 4) is 5.75 Å². The number of nitrogens with zero attached hydrogens (tertiary/aromatic N) is 1. The molecular formula is C22H30F3NO5. The van der Waals surface area contributed by atoms with Gasteiger partial charge >= 0.3 is 12.3 Å². The number of carbonyl (C=O) groups excluding carboxylic acids is 1. The van der Waals surface area contributed by atoms with Crippen LogP contribution in [-0.2, 0) is 16.0 Å². The molecule has 2 rings (SSSR count). The summed E-state index contributed by atoms with van der Waals surface area (Å²) in [5.74, 6) is -1.34. The van der Waals surface area contributed by atoms with E-state index in [1.54, 1.807) is 6.07 Å². The van der Waals surface area contributed by atoms with E-state index in [-0.39, 0.29) is 18.1 Å². The van der Waals surface area contributed by atoms with Gasteiger partial charge in [0.25, 0.3) is 0 Å². The summed E-state index contributed by atoms with van der Waals surface area (Å²) in [6.07, 6.45) is 1.06. The van der Waals surface area contributed by atoms with Gasteiger partial charge in [-0.3, -0.25) is 4.79 Å². The number of rotatable bonds is 13. The number of ether oxygens (including phenoxy) is 1. The third kappa shape index (κ3) is 9.16. The van der Waals surface area contributed by atoms with E-state index in [0.29, 0.717) is 37.8 Å². The van der Waals surface area contributed by atoms with Crippen molar-refractivity contribution in [2.75, 3.05) is 6.54 Å². The molecule has 0 saturated carbocycles. The molecule has 0 spiro atoms. The molecule has 1 saturated heterocycles. The van der Waals surface area contributed by atoms with Gasteiger partial charge in [0.05, 0.1) is 6.10 Å². The van der Waals surface area contributed by atoms with Gasteiger partial charge < -0.3 is 19.8 Å². The van der Waals surface area contributed by atoms with E-state index in [4.69, 9.17) is 0 Å². The number of likely N-dealkylation sites (tertiary alicyclic amines) is 1. The van der Waals surface area contributed by atoms with Crippen LogP contribution in [0.5, 0.6) is 5.75 Å². The number of carbonyl (C=O) groups is 2. The first-order valence-corrected chi connectivity index (χ1v) is 10.7. The molecule has 2 N–H and O–H groups in total. The Morgan fingerprint density at radius 3 is 2.42 bits per heavy atom. The highest BCUT2D eigenvalue weighted by molar-refractivity contribution is 5.84. The van der Waals surface area contributed by atoms with Crippen LogP contribution in [0.2, 0.25) is 0 Å². The number of carboxylic acids is 1. The van der Waals surface area contributed by atoms with E-state index in [0.717, 1.165) is 32.1 Å². The number of carboxylic acid groups (broad SMARTS) is 1. The van der Waals surface area contributed by atoms with Crippen LogP contribution in [0, 0.1) is 0 Å². The van der Waals surface area contributed by atoms with Gasteiger partial charge in [0, 0.05) is 13.0 Å². The summed E-state index contributed by atoms with van der Waals surface area (Å²) in [4.78, 5) is 24.6. The Morgan fingerprint density at radius 2 is 1.81 bits per heavy atom. The Balaban J connectivity index is 1.60. The molecule has 1 fully saturated rings. The standard InChI is InChI=1S/C22H30F3NO5/c23-22(24,25)31-18-10-6-8-16(15-18)14-17(27)9-4-2-1-3-5-11-19(21(29)30)26-13-7-12-20(26)28/h6,8,10,15,17,19,27H,1-5,7,9,11-14H2,(H,29,30)/t17-,19?/m1/s1. The monoisotopic (exact) mass is 445 g/mol. The highest BCUT2D eigenvalue weighted by Gasteiger charge is 2.32. The molecule has 31 heavy (non-hydrogen) atoms. The molecule has 1 amide bonds. The van der Waals surface area contributed by atoms with Crippen LogP contribution >= 0.6 is 0 Å². The number of unbranched alkanes of at least 4 members (excludes halogenated alkanes) is 4. The maximum absolute atomic E-state index is 12.3. The van der Waals surface area contributed by atoms with Crippen molar-refractivity contribution in [3.63, 3.8) is 0 Å². The van der Waals surface area contributed by atoms with Crippen molar-refractivity contribution in [1.82, 2.24) is 4.90 Å². The Bertz CT molecular complexity index is 725. The molecule has 1 aliphatic heterocycles. The highest BCUT2D eigenvalue weighted by Crippen LogP contribution is 2.24. The zero-order valence-electron chi connectivity index (χ0n) is 17.4. The molecule has 0 bridgehead atoms. The molecule has 9 heteroatoms. The van der Waals surface area contributed by atoms with Gasteiger partial charge in [-0.05, 0) is 43.4 Å². The van der Waals surface area contributed by atoms with E-state index >= 15 is 0 Å². The fourth-order valence-corrected chi connectivity index (χ4v) is 3.90. The molecule has 0 aliphatic carbocycles. The molecule has 174 valence electrons.